The smallest absolute Gasteiger partial charge is 0.239 e. The molecule has 0 aromatic carbocycles. The van der Waals surface area contributed by atoms with E-state index < -0.39 is 6.04 Å². The molecular formula is C11H20N2O. The summed E-state index contributed by atoms with van der Waals surface area (Å²) < 4.78 is 0. The highest BCUT2D eigenvalue weighted by molar-refractivity contribution is 5.81. The van der Waals surface area contributed by atoms with E-state index in [1.165, 1.54) is 0 Å². The van der Waals surface area contributed by atoms with Gasteiger partial charge in [0.1, 0.15) is 0 Å². The van der Waals surface area contributed by atoms with Crippen LogP contribution in [0, 0.1) is 5.92 Å². The van der Waals surface area contributed by atoms with E-state index in [1.807, 2.05) is 11.0 Å². The molecule has 0 radical (unpaired) electrons. The summed E-state index contributed by atoms with van der Waals surface area (Å²) in [6, 6.07) is -0.219. The number of carbonyl (C=O) groups is 1. The molecule has 3 heteroatoms. The Kier molecular flexibility index (Phi) is 3.69. The van der Waals surface area contributed by atoms with Gasteiger partial charge in [0.15, 0.2) is 0 Å². The first-order valence-electron chi connectivity index (χ1n) is 5.25. The number of hydrogen-bond acceptors (Lipinski definition) is 2. The van der Waals surface area contributed by atoms with Gasteiger partial charge in [0.05, 0.1) is 6.04 Å². The van der Waals surface area contributed by atoms with Gasteiger partial charge < -0.3 is 10.6 Å². The molecular weight excluding hydrogens is 176 g/mol. The maximum absolute atomic E-state index is 11.7. The summed E-state index contributed by atoms with van der Waals surface area (Å²) in [5.41, 5.74) is 5.59. The maximum atomic E-state index is 11.7. The Labute approximate surface area is 86.0 Å². The predicted molar refractivity (Wildman–Crippen MR) is 57.7 cm³/mol. The molecule has 0 aliphatic carbocycles. The van der Waals surface area contributed by atoms with Crippen molar-refractivity contribution in [3.63, 3.8) is 0 Å². The number of carbonyl (C=O) groups excluding carboxylic acids is 1. The third-order valence-electron chi connectivity index (χ3n) is 2.85. The summed E-state index contributed by atoms with van der Waals surface area (Å²) in [7, 11) is 0. The molecule has 1 saturated heterocycles. The minimum Gasteiger partial charge on any atom is -0.335 e. The summed E-state index contributed by atoms with van der Waals surface area (Å²) >= 11 is 0. The zero-order valence-corrected chi connectivity index (χ0v) is 9.07. The van der Waals surface area contributed by atoms with Gasteiger partial charge in [-0.15, -0.1) is 6.58 Å². The fraction of sp³-hybridized carbons (Fsp3) is 0.727. The lowest BCUT2D eigenvalue weighted by molar-refractivity contribution is -0.135. The zero-order valence-electron chi connectivity index (χ0n) is 9.07. The van der Waals surface area contributed by atoms with Gasteiger partial charge in [-0.05, 0) is 25.7 Å². The highest BCUT2D eigenvalue weighted by Gasteiger charge is 2.28. The van der Waals surface area contributed by atoms with Gasteiger partial charge in [-0.3, -0.25) is 4.79 Å². The third-order valence-corrected chi connectivity index (χ3v) is 2.85. The normalized spacial score (nSPS) is 29.8. The third kappa shape index (κ3) is 2.35. The Balaban J connectivity index is 2.67. The summed E-state index contributed by atoms with van der Waals surface area (Å²) in [4.78, 5) is 13.6. The quantitative estimate of drug-likeness (QED) is 0.673. The molecule has 1 aliphatic rings. The van der Waals surface area contributed by atoms with E-state index in [-0.39, 0.29) is 11.9 Å². The first-order chi connectivity index (χ1) is 6.56. The van der Waals surface area contributed by atoms with E-state index in [2.05, 4.69) is 13.5 Å². The van der Waals surface area contributed by atoms with Crippen molar-refractivity contribution >= 4 is 5.91 Å². The molecule has 0 aromatic heterocycles. The van der Waals surface area contributed by atoms with Crippen molar-refractivity contribution in [1.82, 2.24) is 4.90 Å². The standard InChI is InChI=1S/C11H20N2O/c1-4-10-7-8(2)5-6-13(10)11(14)9(3)12/h4,8-10H,1,5-7,12H2,2-3H3/t8-,9-,10+/m1/s1. The molecule has 3 nitrogen and oxygen atoms in total. The Morgan fingerprint density at radius 3 is 2.86 bits per heavy atom. The number of rotatable bonds is 2. The van der Waals surface area contributed by atoms with E-state index in [0.717, 1.165) is 19.4 Å². The molecule has 1 fully saturated rings. The summed E-state index contributed by atoms with van der Waals surface area (Å²) in [5, 5.41) is 0. The van der Waals surface area contributed by atoms with Crippen molar-refractivity contribution in [2.24, 2.45) is 11.7 Å². The molecule has 1 aliphatic heterocycles. The van der Waals surface area contributed by atoms with Crippen LogP contribution >= 0.6 is 0 Å². The van der Waals surface area contributed by atoms with Crippen LogP contribution in [0.2, 0.25) is 0 Å². The largest absolute Gasteiger partial charge is 0.335 e. The molecule has 14 heavy (non-hydrogen) atoms. The molecule has 0 bridgehead atoms. The maximum Gasteiger partial charge on any atom is 0.239 e. The van der Waals surface area contributed by atoms with Crippen molar-refractivity contribution in [1.29, 1.82) is 0 Å². The second kappa shape index (κ2) is 4.60. The highest BCUT2D eigenvalue weighted by Crippen LogP contribution is 2.23. The van der Waals surface area contributed by atoms with E-state index in [0.29, 0.717) is 5.92 Å². The summed E-state index contributed by atoms with van der Waals surface area (Å²) in [6.07, 6.45) is 3.95. The van der Waals surface area contributed by atoms with E-state index >= 15 is 0 Å². The SMILES string of the molecule is C=C[C@H]1C[C@H](C)CCN1C(=O)[C@@H](C)N. The highest BCUT2D eigenvalue weighted by atomic mass is 16.2. The Hall–Kier alpha value is -0.830. The van der Waals surface area contributed by atoms with Crippen molar-refractivity contribution < 1.29 is 4.79 Å². The second-order valence-electron chi connectivity index (χ2n) is 4.25. The monoisotopic (exact) mass is 196 g/mol. The van der Waals surface area contributed by atoms with E-state index in [1.54, 1.807) is 6.92 Å². The first kappa shape index (κ1) is 11.2. The number of likely N-dealkylation sites (tertiary alicyclic amines) is 1. The van der Waals surface area contributed by atoms with Crippen LogP contribution in [0.1, 0.15) is 26.7 Å². The van der Waals surface area contributed by atoms with Crippen molar-refractivity contribution in [3.05, 3.63) is 12.7 Å². The van der Waals surface area contributed by atoms with Crippen LogP contribution in [0.5, 0.6) is 0 Å². The van der Waals surface area contributed by atoms with Crippen molar-refractivity contribution in [3.8, 4) is 0 Å². The molecule has 0 saturated carbocycles. The lowest BCUT2D eigenvalue weighted by Gasteiger charge is -2.37. The van der Waals surface area contributed by atoms with Crippen LogP contribution in [-0.4, -0.2) is 29.4 Å². The van der Waals surface area contributed by atoms with Crippen LogP contribution in [0.3, 0.4) is 0 Å². The van der Waals surface area contributed by atoms with Crippen molar-refractivity contribution in [2.75, 3.05) is 6.54 Å². The van der Waals surface area contributed by atoms with Gasteiger partial charge in [-0.1, -0.05) is 13.0 Å². The van der Waals surface area contributed by atoms with Gasteiger partial charge in [-0.2, -0.15) is 0 Å². The second-order valence-corrected chi connectivity index (χ2v) is 4.25. The molecule has 1 amide bonds. The first-order valence-corrected chi connectivity index (χ1v) is 5.25. The molecule has 1 rings (SSSR count). The molecule has 0 unspecified atom stereocenters. The minimum absolute atomic E-state index is 0.0433. The van der Waals surface area contributed by atoms with Crippen LogP contribution in [0.25, 0.3) is 0 Å². The van der Waals surface area contributed by atoms with Crippen LogP contribution < -0.4 is 5.73 Å². The lowest BCUT2D eigenvalue weighted by atomic mass is 9.92. The topological polar surface area (TPSA) is 46.3 Å². The Morgan fingerprint density at radius 1 is 1.71 bits per heavy atom. The lowest BCUT2D eigenvalue weighted by Crippen LogP contribution is -2.50. The van der Waals surface area contributed by atoms with Crippen LogP contribution in [0.4, 0.5) is 0 Å². The van der Waals surface area contributed by atoms with Gasteiger partial charge >= 0.3 is 0 Å². The van der Waals surface area contributed by atoms with E-state index in [9.17, 15) is 4.79 Å². The molecule has 1 heterocycles. The number of nitrogens with two attached hydrogens (primary N) is 1. The predicted octanol–water partition coefficient (Wildman–Crippen LogP) is 1.15. The molecule has 0 spiro atoms. The molecule has 3 atom stereocenters. The number of amides is 1. The fourth-order valence-electron chi connectivity index (χ4n) is 1.94. The zero-order chi connectivity index (χ0) is 10.7. The van der Waals surface area contributed by atoms with E-state index in [4.69, 9.17) is 5.73 Å². The number of piperidine rings is 1. The molecule has 80 valence electrons. The van der Waals surface area contributed by atoms with Gasteiger partial charge in [0, 0.05) is 12.6 Å². The van der Waals surface area contributed by atoms with Gasteiger partial charge in [-0.25, -0.2) is 0 Å². The molecule has 0 aromatic rings. The van der Waals surface area contributed by atoms with Crippen LogP contribution in [-0.2, 0) is 4.79 Å². The average molecular weight is 196 g/mol. The Morgan fingerprint density at radius 2 is 2.36 bits per heavy atom. The average Bonchev–Trinajstić information content (AvgIpc) is 2.16. The van der Waals surface area contributed by atoms with Crippen LogP contribution in [0.15, 0.2) is 12.7 Å². The number of hydrogen-bond donors (Lipinski definition) is 1. The fourth-order valence-corrected chi connectivity index (χ4v) is 1.94. The Bertz CT molecular complexity index is 225. The van der Waals surface area contributed by atoms with Gasteiger partial charge in [0.25, 0.3) is 0 Å². The summed E-state index contributed by atoms with van der Waals surface area (Å²) in [6.45, 7) is 8.54. The van der Waals surface area contributed by atoms with Crippen molar-refractivity contribution in [2.45, 2.75) is 38.8 Å². The minimum atomic E-state index is -0.397. The summed E-state index contributed by atoms with van der Waals surface area (Å²) in [5.74, 6) is 0.719. The molecule has 2 N–H and O–H groups in total. The van der Waals surface area contributed by atoms with Gasteiger partial charge in [0.2, 0.25) is 5.91 Å². The number of nitrogens with zero attached hydrogens (tertiary/aromatic N) is 1.